The van der Waals surface area contributed by atoms with E-state index in [1.807, 2.05) is 42.5 Å². The number of hydrogen-bond acceptors (Lipinski definition) is 5. The highest BCUT2D eigenvalue weighted by Gasteiger charge is 2.33. The highest BCUT2D eigenvalue weighted by Crippen LogP contribution is 2.34. The van der Waals surface area contributed by atoms with E-state index in [0.717, 1.165) is 34.6 Å². The second-order valence-electron chi connectivity index (χ2n) is 11.0. The smallest absolute Gasteiger partial charge is 0.416 e. The van der Waals surface area contributed by atoms with Crippen LogP contribution in [0.1, 0.15) is 55.2 Å². The molecule has 1 amide bonds. The molecule has 6 rings (SSSR count). The summed E-state index contributed by atoms with van der Waals surface area (Å²) in [6.45, 7) is 5.93. The van der Waals surface area contributed by atoms with Gasteiger partial charge in [0.05, 0.1) is 27.4 Å². The number of halogens is 3. The molecule has 0 fully saturated rings. The van der Waals surface area contributed by atoms with E-state index in [0.29, 0.717) is 38.0 Å². The van der Waals surface area contributed by atoms with E-state index in [-0.39, 0.29) is 22.8 Å². The van der Waals surface area contributed by atoms with Gasteiger partial charge in [0.1, 0.15) is 11.5 Å². The van der Waals surface area contributed by atoms with Crippen molar-refractivity contribution in [3.63, 3.8) is 0 Å². The van der Waals surface area contributed by atoms with E-state index in [1.54, 1.807) is 37.3 Å². The van der Waals surface area contributed by atoms with Crippen LogP contribution in [0.2, 0.25) is 0 Å². The lowest BCUT2D eigenvalue weighted by Crippen LogP contribution is -2.40. The Hall–Kier alpha value is -4.96. The van der Waals surface area contributed by atoms with E-state index in [2.05, 4.69) is 24.2 Å². The Morgan fingerprint density at radius 1 is 1.00 bits per heavy atom. The standard InChI is InChI=1S/C35H28F3N3O3S/c1-20(2)22-12-14-23(15-13-22)31-30(32(42)40-26-10-5-4-6-11-26)21(3)39-34-41(31)33(43)29(45-34)19-27-16-17-28(44-27)24-8-7-9-25(18-24)35(36,37)38/h4-20,31H,1-3H3,(H,40,42)/b29-19-. The number of nitrogens with one attached hydrogen (secondary N) is 1. The Bertz CT molecular complexity index is 2100. The van der Waals surface area contributed by atoms with Crippen LogP contribution >= 0.6 is 11.3 Å². The molecule has 2 aromatic heterocycles. The molecule has 6 nitrogen and oxygen atoms in total. The Morgan fingerprint density at radius 2 is 1.73 bits per heavy atom. The van der Waals surface area contributed by atoms with Crippen LogP contribution in [0, 0.1) is 0 Å². The van der Waals surface area contributed by atoms with Crippen LogP contribution in [0.15, 0.2) is 116 Å². The molecular weight excluding hydrogens is 599 g/mol. The zero-order valence-corrected chi connectivity index (χ0v) is 25.4. The SMILES string of the molecule is CC1=C(C(=O)Nc2ccccc2)C(c2ccc(C(C)C)cc2)n2c(s/c(=C\c3ccc(-c4cccc(C(F)(F)F)c4)o3)c2=O)=N1. The van der Waals surface area contributed by atoms with Crippen LogP contribution in [0.3, 0.4) is 0 Å². The molecule has 0 saturated heterocycles. The van der Waals surface area contributed by atoms with Gasteiger partial charge in [0.25, 0.3) is 11.5 Å². The summed E-state index contributed by atoms with van der Waals surface area (Å²) in [5.74, 6) is 0.460. The lowest BCUT2D eigenvalue weighted by Gasteiger charge is -2.25. The van der Waals surface area contributed by atoms with Crippen molar-refractivity contribution < 1.29 is 22.4 Å². The van der Waals surface area contributed by atoms with E-state index in [4.69, 9.17) is 4.42 Å². The van der Waals surface area contributed by atoms with Gasteiger partial charge in [0.15, 0.2) is 4.80 Å². The minimum absolute atomic E-state index is 0.235. The highest BCUT2D eigenvalue weighted by atomic mass is 32.1. The van der Waals surface area contributed by atoms with Gasteiger partial charge in [-0.15, -0.1) is 0 Å². The third-order valence-electron chi connectivity index (χ3n) is 7.59. The summed E-state index contributed by atoms with van der Waals surface area (Å²) in [6.07, 6.45) is -2.94. The van der Waals surface area contributed by atoms with Gasteiger partial charge in [-0.05, 0) is 60.4 Å². The van der Waals surface area contributed by atoms with Crippen LogP contribution in [-0.2, 0) is 11.0 Å². The van der Waals surface area contributed by atoms with Gasteiger partial charge in [-0.3, -0.25) is 14.2 Å². The van der Waals surface area contributed by atoms with E-state index in [1.165, 1.54) is 16.7 Å². The van der Waals surface area contributed by atoms with Crippen LogP contribution in [-0.4, -0.2) is 10.5 Å². The van der Waals surface area contributed by atoms with Gasteiger partial charge < -0.3 is 9.73 Å². The molecule has 5 aromatic rings. The Kier molecular flexibility index (Phi) is 7.92. The third-order valence-corrected chi connectivity index (χ3v) is 8.57. The van der Waals surface area contributed by atoms with Crippen LogP contribution in [0.25, 0.3) is 17.4 Å². The van der Waals surface area contributed by atoms with Crippen molar-refractivity contribution in [3.05, 3.63) is 144 Å². The summed E-state index contributed by atoms with van der Waals surface area (Å²) in [5.41, 5.74) is 2.44. The summed E-state index contributed by atoms with van der Waals surface area (Å²) in [7, 11) is 0. The molecule has 0 aliphatic carbocycles. The number of anilines is 1. The Labute approximate surface area is 260 Å². The zero-order chi connectivity index (χ0) is 31.9. The predicted molar refractivity (Wildman–Crippen MR) is 169 cm³/mol. The fourth-order valence-electron chi connectivity index (χ4n) is 5.27. The second-order valence-corrected chi connectivity index (χ2v) is 12.0. The first-order valence-electron chi connectivity index (χ1n) is 14.3. The molecule has 0 spiro atoms. The quantitative estimate of drug-likeness (QED) is 0.215. The van der Waals surface area contributed by atoms with Crippen LogP contribution < -0.4 is 20.2 Å². The number of benzene rings is 3. The van der Waals surface area contributed by atoms with Gasteiger partial charge in [-0.2, -0.15) is 13.2 Å². The molecule has 3 aromatic carbocycles. The van der Waals surface area contributed by atoms with Crippen molar-refractivity contribution in [3.8, 4) is 11.3 Å². The molecule has 0 saturated carbocycles. The number of para-hydroxylation sites is 1. The number of allylic oxidation sites excluding steroid dienone is 1. The molecule has 3 heterocycles. The number of amides is 1. The first-order valence-corrected chi connectivity index (χ1v) is 15.1. The summed E-state index contributed by atoms with van der Waals surface area (Å²) in [5, 5.41) is 2.94. The van der Waals surface area contributed by atoms with E-state index < -0.39 is 17.8 Å². The van der Waals surface area contributed by atoms with E-state index >= 15 is 0 Å². The normalized spacial score (nSPS) is 15.3. The molecule has 45 heavy (non-hydrogen) atoms. The van der Waals surface area contributed by atoms with Crippen molar-refractivity contribution in [1.82, 2.24) is 4.57 Å². The number of carbonyl (C=O) groups is 1. The first kappa shape index (κ1) is 30.1. The Balaban J connectivity index is 1.43. The maximum Gasteiger partial charge on any atom is 0.416 e. The average Bonchev–Trinajstić information content (AvgIpc) is 3.60. The number of nitrogens with zero attached hydrogens (tertiary/aromatic N) is 2. The number of carbonyl (C=O) groups excluding carboxylic acids is 1. The maximum absolute atomic E-state index is 14.0. The number of furan rings is 1. The molecule has 1 unspecified atom stereocenters. The monoisotopic (exact) mass is 627 g/mol. The number of thiazole rings is 1. The van der Waals surface area contributed by atoms with Gasteiger partial charge >= 0.3 is 6.18 Å². The number of rotatable bonds is 6. The number of hydrogen-bond donors (Lipinski definition) is 1. The lowest BCUT2D eigenvalue weighted by atomic mass is 9.93. The van der Waals surface area contributed by atoms with E-state index in [9.17, 15) is 22.8 Å². The summed E-state index contributed by atoms with van der Waals surface area (Å²) >= 11 is 1.15. The fraction of sp³-hybridized carbons (Fsp3) is 0.171. The summed E-state index contributed by atoms with van der Waals surface area (Å²) in [6, 6.07) is 24.2. The molecule has 0 radical (unpaired) electrons. The number of fused-ring (bicyclic) bond motifs is 1. The molecule has 10 heteroatoms. The van der Waals surface area contributed by atoms with Gasteiger partial charge in [0.2, 0.25) is 0 Å². The molecule has 1 aliphatic heterocycles. The van der Waals surface area contributed by atoms with Gasteiger partial charge in [-0.1, -0.05) is 79.8 Å². The van der Waals surface area contributed by atoms with Crippen molar-refractivity contribution in [2.24, 2.45) is 4.99 Å². The predicted octanol–water partition coefficient (Wildman–Crippen LogP) is 7.28. The molecule has 228 valence electrons. The molecule has 1 N–H and O–H groups in total. The minimum atomic E-state index is -4.49. The third kappa shape index (κ3) is 6.06. The average molecular weight is 628 g/mol. The van der Waals surface area contributed by atoms with Crippen LogP contribution in [0.4, 0.5) is 18.9 Å². The molecule has 1 aliphatic rings. The van der Waals surface area contributed by atoms with Crippen molar-refractivity contribution in [1.29, 1.82) is 0 Å². The van der Waals surface area contributed by atoms with Gasteiger partial charge in [-0.25, -0.2) is 4.99 Å². The summed E-state index contributed by atoms with van der Waals surface area (Å²) in [4.78, 5) is 32.8. The second kappa shape index (κ2) is 11.9. The number of alkyl halides is 3. The van der Waals surface area contributed by atoms with Gasteiger partial charge in [0, 0.05) is 17.3 Å². The largest absolute Gasteiger partial charge is 0.457 e. The molecule has 1 atom stereocenters. The highest BCUT2D eigenvalue weighted by molar-refractivity contribution is 7.07. The molecule has 0 bridgehead atoms. The Morgan fingerprint density at radius 3 is 2.42 bits per heavy atom. The lowest BCUT2D eigenvalue weighted by molar-refractivity contribution is -0.137. The fourth-order valence-corrected chi connectivity index (χ4v) is 6.30. The van der Waals surface area contributed by atoms with Crippen molar-refractivity contribution in [2.75, 3.05) is 5.32 Å². The van der Waals surface area contributed by atoms with Crippen molar-refractivity contribution in [2.45, 2.75) is 38.9 Å². The topological polar surface area (TPSA) is 76.6 Å². The summed E-state index contributed by atoms with van der Waals surface area (Å²) < 4.78 is 47.4. The maximum atomic E-state index is 14.0. The minimum Gasteiger partial charge on any atom is -0.457 e. The van der Waals surface area contributed by atoms with Crippen molar-refractivity contribution >= 4 is 29.0 Å². The number of aromatic nitrogens is 1. The van der Waals surface area contributed by atoms with Crippen LogP contribution in [0.5, 0.6) is 0 Å². The molecular formula is C35H28F3N3O3S. The zero-order valence-electron chi connectivity index (χ0n) is 24.6. The first-order chi connectivity index (χ1) is 21.5.